The molecule has 0 aliphatic carbocycles. The van der Waals surface area contributed by atoms with Crippen LogP contribution in [0.1, 0.15) is 44.7 Å². The second-order valence-corrected chi connectivity index (χ2v) is 10.5. The number of aromatic nitrogens is 2. The Balaban J connectivity index is 0.00000119. The average molecular weight is 605 g/mol. The number of anilines is 3. The number of nitrogens with one attached hydrogen (secondary N) is 1. The number of rotatable bonds is 14. The van der Waals surface area contributed by atoms with E-state index in [1.165, 1.54) is 0 Å². The summed E-state index contributed by atoms with van der Waals surface area (Å²) >= 11 is 0. The van der Waals surface area contributed by atoms with Crippen molar-refractivity contribution in [2.75, 3.05) is 62.9 Å². The van der Waals surface area contributed by atoms with Gasteiger partial charge in [0.15, 0.2) is 0 Å². The van der Waals surface area contributed by atoms with Crippen LogP contribution < -0.4 is 19.8 Å². The van der Waals surface area contributed by atoms with Gasteiger partial charge in [-0.15, -0.1) is 19.6 Å². The van der Waals surface area contributed by atoms with Gasteiger partial charge >= 0.3 is 13.2 Å². The lowest BCUT2D eigenvalue weighted by atomic mass is 10.2. The standard InChI is InChI=1S/C30H44N8.BF4/c1-8-36(9-2)20-10-11-25(3)33-30-37(31-23-26-12-16-28(17-13-26)34(4)5)21-22-38(30)32-24-27-14-18-29(19-15-27)35(6)7;2-1(3,4)5/h12-19,21-25H,8-11,20H2,1-7H3;/q;-1/p+1/b31-23+,32-24+;. The Morgan fingerprint density at radius 3 is 1.81 bits per heavy atom. The van der Waals surface area contributed by atoms with Crippen LogP contribution in [0, 0.1) is 0 Å². The molecule has 1 atom stereocenters. The lowest BCUT2D eigenvalue weighted by Gasteiger charge is -2.18. The molecule has 8 nitrogen and oxygen atoms in total. The maximum atomic E-state index is 9.75. The van der Waals surface area contributed by atoms with Gasteiger partial charge in [0.25, 0.3) is 0 Å². The number of benzene rings is 2. The van der Waals surface area contributed by atoms with E-state index in [2.05, 4.69) is 89.3 Å². The molecule has 2 aromatic carbocycles. The minimum Gasteiger partial charge on any atom is -0.418 e. The first-order valence-electron chi connectivity index (χ1n) is 14.4. The highest BCUT2D eigenvalue weighted by atomic mass is 19.5. The van der Waals surface area contributed by atoms with Crippen LogP contribution in [0.3, 0.4) is 0 Å². The molecular weight excluding hydrogens is 559 g/mol. The summed E-state index contributed by atoms with van der Waals surface area (Å²) in [7, 11) is 2.17. The topological polar surface area (TPSA) is 55.3 Å². The van der Waals surface area contributed by atoms with E-state index in [1.807, 2.05) is 62.4 Å². The molecule has 0 aliphatic rings. The van der Waals surface area contributed by atoms with Crippen molar-refractivity contribution >= 4 is 37.0 Å². The molecule has 3 rings (SSSR count). The Kier molecular flexibility index (Phi) is 14.2. The minimum absolute atomic E-state index is 0.273. The molecule has 1 unspecified atom stereocenters. The van der Waals surface area contributed by atoms with Gasteiger partial charge in [0.2, 0.25) is 0 Å². The zero-order valence-corrected chi connectivity index (χ0v) is 26.3. The van der Waals surface area contributed by atoms with Gasteiger partial charge < -0.3 is 32.0 Å². The maximum Gasteiger partial charge on any atom is 0.673 e. The van der Waals surface area contributed by atoms with Gasteiger partial charge in [0, 0.05) is 39.6 Å². The number of hydrogen-bond donors (Lipinski definition) is 1. The van der Waals surface area contributed by atoms with Gasteiger partial charge in [-0.2, -0.15) is 0 Å². The van der Waals surface area contributed by atoms with Crippen LogP contribution in [-0.2, 0) is 0 Å². The lowest BCUT2D eigenvalue weighted by Crippen LogP contribution is -2.34. The summed E-state index contributed by atoms with van der Waals surface area (Å²) in [6.45, 7) is 9.96. The predicted molar refractivity (Wildman–Crippen MR) is 172 cm³/mol. The van der Waals surface area contributed by atoms with E-state index in [1.54, 1.807) is 0 Å². The molecule has 3 aromatic rings. The SMILES string of the molecule is CCN(CC)CCCC(C)Nc1n(/N=C/c2ccc(N(C)C)cc2)cc[n+]1/N=C/c1ccc(N(C)C)cc1.F[B-](F)(F)F. The fraction of sp³-hybridized carbons (Fsp3) is 0.433. The summed E-state index contributed by atoms with van der Waals surface area (Å²) in [5.41, 5.74) is 4.40. The smallest absolute Gasteiger partial charge is 0.418 e. The molecule has 0 aliphatic heterocycles. The first-order valence-corrected chi connectivity index (χ1v) is 14.4. The van der Waals surface area contributed by atoms with Crippen molar-refractivity contribution in [3.8, 4) is 0 Å². The Labute approximate surface area is 253 Å². The van der Waals surface area contributed by atoms with Gasteiger partial charge in [-0.1, -0.05) is 38.1 Å². The fourth-order valence-electron chi connectivity index (χ4n) is 4.12. The van der Waals surface area contributed by atoms with Gasteiger partial charge in [-0.3, -0.25) is 5.32 Å². The molecule has 1 N–H and O–H groups in total. The predicted octanol–water partition coefficient (Wildman–Crippen LogP) is 5.89. The summed E-state index contributed by atoms with van der Waals surface area (Å²) < 4.78 is 42.7. The first-order chi connectivity index (χ1) is 20.3. The van der Waals surface area contributed by atoms with E-state index in [0.29, 0.717) is 0 Å². The zero-order chi connectivity index (χ0) is 32.0. The summed E-state index contributed by atoms with van der Waals surface area (Å²) in [6, 6.07) is 17.0. The average Bonchev–Trinajstić information content (AvgIpc) is 3.33. The normalized spacial score (nSPS) is 12.5. The van der Waals surface area contributed by atoms with Crippen molar-refractivity contribution in [2.24, 2.45) is 10.2 Å². The molecule has 0 bridgehead atoms. The van der Waals surface area contributed by atoms with Gasteiger partial charge in [-0.25, -0.2) is 0 Å². The molecule has 1 aromatic heterocycles. The molecule has 236 valence electrons. The van der Waals surface area contributed by atoms with Crippen LogP contribution in [0.15, 0.2) is 71.1 Å². The third-order valence-electron chi connectivity index (χ3n) is 6.65. The monoisotopic (exact) mass is 604 g/mol. The molecular formula is C30H45BF4N8. The van der Waals surface area contributed by atoms with Crippen LogP contribution in [0.5, 0.6) is 0 Å². The van der Waals surface area contributed by atoms with Crippen LogP contribution >= 0.6 is 0 Å². The van der Waals surface area contributed by atoms with E-state index in [4.69, 9.17) is 10.2 Å². The second-order valence-electron chi connectivity index (χ2n) is 10.5. The summed E-state index contributed by atoms with van der Waals surface area (Å²) in [5.74, 6) is 0.822. The number of nitrogens with zero attached hydrogens (tertiary/aromatic N) is 7. The van der Waals surface area contributed by atoms with E-state index in [9.17, 15) is 17.3 Å². The van der Waals surface area contributed by atoms with Crippen LogP contribution in [0.25, 0.3) is 0 Å². The second kappa shape index (κ2) is 17.3. The van der Waals surface area contributed by atoms with Crippen molar-refractivity contribution in [1.29, 1.82) is 0 Å². The third-order valence-corrected chi connectivity index (χ3v) is 6.65. The largest absolute Gasteiger partial charge is 0.673 e. The quantitative estimate of drug-likeness (QED) is 0.108. The molecule has 0 saturated carbocycles. The molecule has 0 amide bonds. The Morgan fingerprint density at radius 1 is 0.860 bits per heavy atom. The minimum atomic E-state index is -6.00. The molecule has 0 fully saturated rings. The van der Waals surface area contributed by atoms with Gasteiger partial charge in [-0.05, 0) is 74.8 Å². The third kappa shape index (κ3) is 13.3. The van der Waals surface area contributed by atoms with E-state index in [0.717, 1.165) is 60.9 Å². The highest BCUT2D eigenvalue weighted by molar-refractivity contribution is 6.50. The Hall–Kier alpha value is -3.87. The van der Waals surface area contributed by atoms with Crippen LogP contribution in [-0.4, -0.2) is 83.1 Å². The Bertz CT molecular complexity index is 1180. The van der Waals surface area contributed by atoms with E-state index < -0.39 is 7.25 Å². The number of hydrogen-bond acceptors (Lipinski definition) is 6. The summed E-state index contributed by atoms with van der Waals surface area (Å²) in [6.07, 6.45) is 9.82. The molecule has 0 radical (unpaired) electrons. The highest BCUT2D eigenvalue weighted by Crippen LogP contribution is 2.13. The number of halogens is 4. The molecule has 1 heterocycles. The molecule has 0 spiro atoms. The number of imidazole rings is 1. The van der Waals surface area contributed by atoms with E-state index >= 15 is 0 Å². The van der Waals surface area contributed by atoms with Crippen LogP contribution in [0.4, 0.5) is 34.6 Å². The molecule has 13 heteroatoms. The summed E-state index contributed by atoms with van der Waals surface area (Å²) in [5, 5.41) is 13.2. The molecule has 43 heavy (non-hydrogen) atoms. The van der Waals surface area contributed by atoms with Crippen molar-refractivity contribution in [1.82, 2.24) is 9.58 Å². The van der Waals surface area contributed by atoms with Crippen molar-refractivity contribution < 1.29 is 21.9 Å². The van der Waals surface area contributed by atoms with E-state index in [-0.39, 0.29) is 6.04 Å². The summed E-state index contributed by atoms with van der Waals surface area (Å²) in [4.78, 5) is 6.64. The first kappa shape index (κ1) is 35.3. The van der Waals surface area contributed by atoms with Crippen LogP contribution in [0.2, 0.25) is 0 Å². The Morgan fingerprint density at radius 2 is 1.35 bits per heavy atom. The fourth-order valence-corrected chi connectivity index (χ4v) is 4.12. The highest BCUT2D eigenvalue weighted by Gasteiger charge is 2.21. The molecule has 0 saturated heterocycles. The lowest BCUT2D eigenvalue weighted by molar-refractivity contribution is -0.663. The van der Waals surface area contributed by atoms with Crippen molar-refractivity contribution in [3.05, 3.63) is 72.1 Å². The van der Waals surface area contributed by atoms with Crippen molar-refractivity contribution in [2.45, 2.75) is 39.7 Å². The van der Waals surface area contributed by atoms with Gasteiger partial charge in [0.1, 0.15) is 12.4 Å². The van der Waals surface area contributed by atoms with Gasteiger partial charge in [0.05, 0.1) is 18.5 Å². The van der Waals surface area contributed by atoms with Crippen molar-refractivity contribution in [3.63, 3.8) is 0 Å². The zero-order valence-electron chi connectivity index (χ0n) is 26.3. The maximum absolute atomic E-state index is 9.75.